The normalized spacial score (nSPS) is 14.1. The maximum atomic E-state index is 6.43. The van der Waals surface area contributed by atoms with Gasteiger partial charge in [0.2, 0.25) is 0 Å². The number of hydrogen-bond donors (Lipinski definition) is 1. The molecule has 1 atom stereocenters. The summed E-state index contributed by atoms with van der Waals surface area (Å²) in [5.74, 6) is 0. The molecule has 0 aliphatic heterocycles. The smallest absolute Gasteiger partial charge is 0.0636 e. The van der Waals surface area contributed by atoms with Gasteiger partial charge < -0.3 is 5.32 Å². The molecule has 18 heavy (non-hydrogen) atoms. The van der Waals surface area contributed by atoms with Gasteiger partial charge in [0.05, 0.1) is 5.02 Å². The van der Waals surface area contributed by atoms with Gasteiger partial charge in [-0.2, -0.15) is 0 Å². The van der Waals surface area contributed by atoms with Gasteiger partial charge in [-0.05, 0) is 18.4 Å². The number of nitrogens with one attached hydrogen (secondary N) is 1. The monoisotopic (exact) mass is 281 g/mol. The summed E-state index contributed by atoms with van der Waals surface area (Å²) in [4.78, 5) is 1.23. The molecular weight excluding hydrogens is 262 g/mol. The van der Waals surface area contributed by atoms with Crippen LogP contribution in [-0.4, -0.2) is 6.04 Å². The fourth-order valence-electron chi connectivity index (χ4n) is 1.73. The van der Waals surface area contributed by atoms with Gasteiger partial charge >= 0.3 is 0 Å². The molecule has 0 amide bonds. The summed E-state index contributed by atoms with van der Waals surface area (Å²) in [7, 11) is 0. The van der Waals surface area contributed by atoms with Gasteiger partial charge in [-0.1, -0.05) is 50.6 Å². The van der Waals surface area contributed by atoms with Gasteiger partial charge in [0, 0.05) is 27.5 Å². The maximum Gasteiger partial charge on any atom is 0.0636 e. The summed E-state index contributed by atoms with van der Waals surface area (Å²) in [6, 6.07) is 8.77. The van der Waals surface area contributed by atoms with Crippen molar-refractivity contribution in [2.75, 3.05) is 0 Å². The Morgan fingerprint density at radius 1 is 1.28 bits per heavy atom. The van der Waals surface area contributed by atoms with Crippen LogP contribution in [0, 0.1) is 5.41 Å². The van der Waals surface area contributed by atoms with Gasteiger partial charge in [0.1, 0.15) is 0 Å². The van der Waals surface area contributed by atoms with Crippen LogP contribution in [0.3, 0.4) is 0 Å². The lowest BCUT2D eigenvalue weighted by Gasteiger charge is -2.28. The molecule has 1 nitrogen and oxygen atoms in total. The molecule has 98 valence electrons. The number of rotatable bonds is 3. The van der Waals surface area contributed by atoms with E-state index in [4.69, 9.17) is 11.6 Å². The fraction of sp³-hybridized carbons (Fsp3) is 0.467. The molecule has 0 bridgehead atoms. The van der Waals surface area contributed by atoms with E-state index in [9.17, 15) is 0 Å². The fourth-order valence-corrected chi connectivity index (χ4v) is 3.18. The Kier molecular flexibility index (Phi) is 4.00. The third-order valence-electron chi connectivity index (χ3n) is 3.47. The lowest BCUT2D eigenvalue weighted by Crippen LogP contribution is -2.36. The van der Waals surface area contributed by atoms with Crippen LogP contribution in [0.4, 0.5) is 0 Å². The van der Waals surface area contributed by atoms with E-state index in [1.165, 1.54) is 15.0 Å². The van der Waals surface area contributed by atoms with E-state index in [0.717, 1.165) is 11.6 Å². The summed E-state index contributed by atoms with van der Waals surface area (Å²) in [5, 5.41) is 5.64. The first kappa shape index (κ1) is 13.9. The predicted molar refractivity (Wildman–Crippen MR) is 82.6 cm³/mol. The number of thiophene rings is 1. The second-order valence-corrected chi connectivity index (χ2v) is 7.32. The Morgan fingerprint density at radius 2 is 1.94 bits per heavy atom. The Morgan fingerprint density at radius 3 is 2.56 bits per heavy atom. The first-order valence-electron chi connectivity index (χ1n) is 6.29. The Hall–Kier alpha value is -0.570. The van der Waals surface area contributed by atoms with Crippen LogP contribution in [0.1, 0.15) is 32.6 Å². The van der Waals surface area contributed by atoms with E-state index >= 15 is 0 Å². The van der Waals surface area contributed by atoms with Crippen molar-refractivity contribution in [1.29, 1.82) is 0 Å². The van der Waals surface area contributed by atoms with Crippen molar-refractivity contribution in [2.24, 2.45) is 5.41 Å². The number of fused-ring (bicyclic) bond motifs is 1. The summed E-state index contributed by atoms with van der Waals surface area (Å²) < 4.78 is 1.27. The van der Waals surface area contributed by atoms with E-state index in [-0.39, 0.29) is 5.41 Å². The topological polar surface area (TPSA) is 12.0 Å². The van der Waals surface area contributed by atoms with E-state index in [1.807, 2.05) is 6.07 Å². The molecule has 0 spiro atoms. The summed E-state index contributed by atoms with van der Waals surface area (Å²) >= 11 is 8.21. The van der Waals surface area contributed by atoms with Gasteiger partial charge in [-0.15, -0.1) is 11.3 Å². The number of benzene rings is 1. The van der Waals surface area contributed by atoms with E-state index in [1.54, 1.807) is 11.3 Å². The summed E-state index contributed by atoms with van der Waals surface area (Å²) in [6.07, 6.45) is 0. The average Bonchev–Trinajstić information content (AvgIpc) is 2.63. The zero-order chi connectivity index (χ0) is 13.3. The van der Waals surface area contributed by atoms with Crippen molar-refractivity contribution in [3.63, 3.8) is 0 Å². The molecule has 1 unspecified atom stereocenters. The van der Waals surface area contributed by atoms with Crippen LogP contribution in [0.2, 0.25) is 5.02 Å². The molecule has 0 saturated carbocycles. The predicted octanol–water partition coefficient (Wildman–Crippen LogP) is 5.08. The summed E-state index contributed by atoms with van der Waals surface area (Å²) in [6.45, 7) is 9.81. The molecule has 1 aromatic heterocycles. The molecule has 2 aromatic rings. The molecular formula is C15H20ClNS. The van der Waals surface area contributed by atoms with Crippen molar-refractivity contribution in [3.05, 3.63) is 34.2 Å². The van der Waals surface area contributed by atoms with E-state index in [2.05, 4.69) is 51.2 Å². The van der Waals surface area contributed by atoms with Gasteiger partial charge in [-0.25, -0.2) is 0 Å². The molecule has 0 fully saturated rings. The third kappa shape index (κ3) is 2.87. The molecule has 1 aromatic carbocycles. The van der Waals surface area contributed by atoms with Gasteiger partial charge in [0.15, 0.2) is 0 Å². The van der Waals surface area contributed by atoms with Crippen molar-refractivity contribution in [3.8, 4) is 0 Å². The molecule has 0 aliphatic rings. The second-order valence-electron chi connectivity index (χ2n) is 5.80. The standard InChI is InChI=1S/C15H20ClNS/c1-10(15(2,3)4)17-9-13-14(16)11-7-5-6-8-12(11)18-13/h5-8,10,17H,9H2,1-4H3. The Bertz CT molecular complexity index is 539. The minimum atomic E-state index is 0.267. The minimum Gasteiger partial charge on any atom is -0.309 e. The van der Waals surface area contributed by atoms with Gasteiger partial charge in [-0.3, -0.25) is 0 Å². The quantitative estimate of drug-likeness (QED) is 0.827. The zero-order valence-corrected chi connectivity index (χ0v) is 13.0. The van der Waals surface area contributed by atoms with Crippen molar-refractivity contribution >= 4 is 33.0 Å². The first-order valence-corrected chi connectivity index (χ1v) is 7.48. The van der Waals surface area contributed by atoms with Crippen LogP contribution < -0.4 is 5.32 Å². The van der Waals surface area contributed by atoms with E-state index < -0.39 is 0 Å². The van der Waals surface area contributed by atoms with Crippen LogP contribution >= 0.6 is 22.9 Å². The average molecular weight is 282 g/mol. The number of halogens is 1. The molecule has 0 saturated heterocycles. The van der Waals surface area contributed by atoms with Crippen LogP contribution in [0.15, 0.2) is 24.3 Å². The molecule has 2 rings (SSSR count). The maximum absolute atomic E-state index is 6.43. The lowest BCUT2D eigenvalue weighted by molar-refractivity contribution is 0.286. The lowest BCUT2D eigenvalue weighted by atomic mass is 9.88. The zero-order valence-electron chi connectivity index (χ0n) is 11.4. The highest BCUT2D eigenvalue weighted by molar-refractivity contribution is 7.19. The molecule has 1 heterocycles. The van der Waals surface area contributed by atoms with Crippen molar-refractivity contribution in [2.45, 2.75) is 40.3 Å². The van der Waals surface area contributed by atoms with Crippen molar-refractivity contribution < 1.29 is 0 Å². The highest BCUT2D eigenvalue weighted by Crippen LogP contribution is 2.35. The Balaban J connectivity index is 2.15. The third-order valence-corrected chi connectivity index (χ3v) is 5.18. The highest BCUT2D eigenvalue weighted by Gasteiger charge is 2.20. The van der Waals surface area contributed by atoms with Crippen LogP contribution in [-0.2, 0) is 6.54 Å². The highest BCUT2D eigenvalue weighted by atomic mass is 35.5. The van der Waals surface area contributed by atoms with Crippen molar-refractivity contribution in [1.82, 2.24) is 5.32 Å². The summed E-state index contributed by atoms with van der Waals surface area (Å²) in [5.41, 5.74) is 0.267. The SMILES string of the molecule is CC(NCc1sc2ccccc2c1Cl)C(C)(C)C. The largest absolute Gasteiger partial charge is 0.309 e. The second kappa shape index (κ2) is 5.20. The van der Waals surface area contributed by atoms with Crippen LogP contribution in [0.25, 0.3) is 10.1 Å². The molecule has 3 heteroatoms. The van der Waals surface area contributed by atoms with Gasteiger partial charge in [0.25, 0.3) is 0 Å². The molecule has 1 N–H and O–H groups in total. The van der Waals surface area contributed by atoms with E-state index in [0.29, 0.717) is 6.04 Å². The van der Waals surface area contributed by atoms with Crippen LogP contribution in [0.5, 0.6) is 0 Å². The first-order chi connectivity index (χ1) is 8.39. The molecule has 0 radical (unpaired) electrons. The minimum absolute atomic E-state index is 0.267. The Labute approximate surface area is 118 Å². The molecule has 0 aliphatic carbocycles. The number of hydrogen-bond acceptors (Lipinski definition) is 2.